The third-order valence-corrected chi connectivity index (χ3v) is 4.83. The highest BCUT2D eigenvalue weighted by Gasteiger charge is 2.10. The molecule has 2 aromatic carbocycles. The molecule has 0 fully saturated rings. The number of para-hydroxylation sites is 1. The van der Waals surface area contributed by atoms with Crippen LogP contribution in [0.15, 0.2) is 66.1 Å². The number of carbonyl (C=O) groups is 2. The minimum Gasteiger partial charge on any atom is -0.325 e. The molecular formula is C22H21N3O2S. The molecule has 0 unspecified atom stereocenters. The normalized spacial score (nSPS) is 10.8. The van der Waals surface area contributed by atoms with Crippen LogP contribution in [0.3, 0.4) is 0 Å². The van der Waals surface area contributed by atoms with Crippen LogP contribution >= 0.6 is 11.3 Å². The lowest BCUT2D eigenvalue weighted by atomic mass is 10.1. The highest BCUT2D eigenvalue weighted by atomic mass is 32.1. The van der Waals surface area contributed by atoms with Crippen molar-refractivity contribution in [3.8, 4) is 0 Å². The molecule has 1 aromatic heterocycles. The van der Waals surface area contributed by atoms with Crippen molar-refractivity contribution in [1.29, 1.82) is 0 Å². The molecule has 0 radical (unpaired) electrons. The molecule has 3 aromatic rings. The minimum atomic E-state index is -0.258. The van der Waals surface area contributed by atoms with Crippen LogP contribution in [0.5, 0.6) is 0 Å². The van der Waals surface area contributed by atoms with Crippen molar-refractivity contribution in [2.45, 2.75) is 19.8 Å². The Morgan fingerprint density at radius 3 is 2.57 bits per heavy atom. The van der Waals surface area contributed by atoms with Crippen LogP contribution in [0.25, 0.3) is 6.08 Å². The number of hydrogen-bond acceptors (Lipinski definition) is 4. The average Bonchev–Trinajstić information content (AvgIpc) is 3.14. The number of aryl methyl sites for hydroxylation is 1. The molecule has 2 N–H and O–H groups in total. The van der Waals surface area contributed by atoms with E-state index in [4.69, 9.17) is 0 Å². The van der Waals surface area contributed by atoms with E-state index in [1.165, 1.54) is 17.4 Å². The Kier molecular flexibility index (Phi) is 6.70. The zero-order chi connectivity index (χ0) is 19.8. The third-order valence-electron chi connectivity index (χ3n) is 4.02. The number of hydrogen-bond donors (Lipinski definition) is 2. The van der Waals surface area contributed by atoms with Gasteiger partial charge in [0.05, 0.1) is 12.1 Å². The lowest BCUT2D eigenvalue weighted by Crippen LogP contribution is -2.16. The third kappa shape index (κ3) is 5.62. The number of carbonyl (C=O) groups excluding carboxylic acids is 2. The lowest BCUT2D eigenvalue weighted by Gasteiger charge is -2.08. The predicted molar refractivity (Wildman–Crippen MR) is 114 cm³/mol. The maximum absolute atomic E-state index is 12.3. The molecule has 0 aliphatic carbocycles. The van der Waals surface area contributed by atoms with Crippen LogP contribution in [0.4, 0.5) is 10.8 Å². The fourth-order valence-electron chi connectivity index (χ4n) is 2.64. The summed E-state index contributed by atoms with van der Waals surface area (Å²) in [7, 11) is 0. The maximum atomic E-state index is 12.3. The summed E-state index contributed by atoms with van der Waals surface area (Å²) in [6, 6.07) is 17.3. The van der Waals surface area contributed by atoms with Gasteiger partial charge in [-0.05, 0) is 29.7 Å². The van der Waals surface area contributed by atoms with Crippen molar-refractivity contribution >= 4 is 40.0 Å². The zero-order valence-electron chi connectivity index (χ0n) is 15.5. The molecule has 6 heteroatoms. The van der Waals surface area contributed by atoms with Gasteiger partial charge in [0.15, 0.2) is 5.13 Å². The summed E-state index contributed by atoms with van der Waals surface area (Å²) in [6.07, 6.45) is 4.21. The van der Waals surface area contributed by atoms with E-state index in [-0.39, 0.29) is 18.2 Å². The van der Waals surface area contributed by atoms with Crippen molar-refractivity contribution in [3.05, 3.63) is 82.9 Å². The number of aromatic nitrogens is 1. The first-order valence-electron chi connectivity index (χ1n) is 9.00. The van der Waals surface area contributed by atoms with Gasteiger partial charge < -0.3 is 5.32 Å². The van der Waals surface area contributed by atoms with E-state index in [9.17, 15) is 9.59 Å². The summed E-state index contributed by atoms with van der Waals surface area (Å²) in [5, 5.41) is 7.90. The number of amides is 2. The van der Waals surface area contributed by atoms with Crippen molar-refractivity contribution < 1.29 is 9.59 Å². The number of nitrogens with one attached hydrogen (secondary N) is 2. The molecule has 5 nitrogen and oxygen atoms in total. The van der Waals surface area contributed by atoms with Crippen LogP contribution in [0, 0.1) is 0 Å². The molecule has 142 valence electrons. The van der Waals surface area contributed by atoms with Crippen molar-refractivity contribution in [2.75, 3.05) is 10.6 Å². The van der Waals surface area contributed by atoms with E-state index in [1.807, 2.05) is 61.5 Å². The summed E-state index contributed by atoms with van der Waals surface area (Å²) < 4.78 is 0. The van der Waals surface area contributed by atoms with Gasteiger partial charge in [0.1, 0.15) is 0 Å². The van der Waals surface area contributed by atoms with Crippen molar-refractivity contribution in [2.24, 2.45) is 0 Å². The van der Waals surface area contributed by atoms with Crippen LogP contribution in [-0.2, 0) is 22.4 Å². The molecule has 0 aliphatic rings. The first-order chi connectivity index (χ1) is 13.6. The molecule has 1 heterocycles. The Morgan fingerprint density at radius 2 is 1.79 bits per heavy atom. The molecule has 0 aliphatic heterocycles. The number of benzene rings is 2. The van der Waals surface area contributed by atoms with E-state index < -0.39 is 0 Å². The second-order valence-corrected chi connectivity index (χ2v) is 6.97. The number of anilines is 2. The van der Waals surface area contributed by atoms with Gasteiger partial charge in [-0.2, -0.15) is 0 Å². The Bertz CT molecular complexity index is 980. The van der Waals surface area contributed by atoms with Crippen LogP contribution in [0.2, 0.25) is 0 Å². The predicted octanol–water partition coefficient (Wildman–Crippen LogP) is 4.54. The van der Waals surface area contributed by atoms with Gasteiger partial charge in [0.2, 0.25) is 11.8 Å². The molecule has 0 bridgehead atoms. The molecule has 0 saturated heterocycles. The minimum absolute atomic E-state index is 0.131. The molecule has 0 spiro atoms. The van der Waals surface area contributed by atoms with Gasteiger partial charge in [-0.1, -0.05) is 55.5 Å². The lowest BCUT2D eigenvalue weighted by molar-refractivity contribution is -0.115. The Labute approximate surface area is 168 Å². The van der Waals surface area contributed by atoms with E-state index in [0.29, 0.717) is 10.8 Å². The molecule has 2 amide bonds. The monoisotopic (exact) mass is 391 g/mol. The highest BCUT2D eigenvalue weighted by Crippen LogP contribution is 2.18. The summed E-state index contributed by atoms with van der Waals surface area (Å²) >= 11 is 1.30. The van der Waals surface area contributed by atoms with E-state index in [1.54, 1.807) is 11.5 Å². The SMILES string of the molecule is CCc1ccccc1NC(=O)Cc1csc(NC(=O)/C=C/c2ccccc2)n1. The smallest absolute Gasteiger partial charge is 0.250 e. The van der Waals surface area contributed by atoms with E-state index >= 15 is 0 Å². The Hall–Kier alpha value is -3.25. The first-order valence-corrected chi connectivity index (χ1v) is 9.88. The van der Waals surface area contributed by atoms with E-state index in [0.717, 1.165) is 23.2 Å². The van der Waals surface area contributed by atoms with Gasteiger partial charge in [-0.15, -0.1) is 11.3 Å². The number of thiazole rings is 1. The fraction of sp³-hybridized carbons (Fsp3) is 0.136. The zero-order valence-corrected chi connectivity index (χ0v) is 16.3. The largest absolute Gasteiger partial charge is 0.325 e. The van der Waals surface area contributed by atoms with Gasteiger partial charge in [0, 0.05) is 17.1 Å². The molecule has 28 heavy (non-hydrogen) atoms. The summed E-state index contributed by atoms with van der Waals surface area (Å²) in [6.45, 7) is 2.05. The number of rotatable bonds is 7. The summed E-state index contributed by atoms with van der Waals surface area (Å²) in [5.74, 6) is -0.390. The fourth-order valence-corrected chi connectivity index (χ4v) is 3.35. The molecule has 0 atom stereocenters. The van der Waals surface area contributed by atoms with Crippen LogP contribution in [-0.4, -0.2) is 16.8 Å². The Balaban J connectivity index is 1.54. The van der Waals surface area contributed by atoms with Gasteiger partial charge in [-0.3, -0.25) is 14.9 Å². The Morgan fingerprint density at radius 1 is 1.04 bits per heavy atom. The highest BCUT2D eigenvalue weighted by molar-refractivity contribution is 7.14. The standard InChI is InChI=1S/C22H21N3O2S/c1-2-17-10-6-7-11-19(17)24-21(27)14-18-15-28-22(23-18)25-20(26)13-12-16-8-4-3-5-9-16/h3-13,15H,2,14H2,1H3,(H,24,27)(H,23,25,26)/b13-12+. The quantitative estimate of drug-likeness (QED) is 0.581. The van der Waals surface area contributed by atoms with E-state index in [2.05, 4.69) is 15.6 Å². The van der Waals surface area contributed by atoms with Gasteiger partial charge in [-0.25, -0.2) is 4.98 Å². The average molecular weight is 391 g/mol. The summed E-state index contributed by atoms with van der Waals surface area (Å²) in [4.78, 5) is 28.6. The maximum Gasteiger partial charge on any atom is 0.250 e. The second-order valence-electron chi connectivity index (χ2n) is 6.11. The molecule has 0 saturated carbocycles. The summed E-state index contributed by atoms with van der Waals surface area (Å²) in [5.41, 5.74) is 3.48. The number of nitrogens with zero attached hydrogens (tertiary/aromatic N) is 1. The van der Waals surface area contributed by atoms with Crippen molar-refractivity contribution in [1.82, 2.24) is 4.98 Å². The van der Waals surface area contributed by atoms with Crippen LogP contribution < -0.4 is 10.6 Å². The molecule has 3 rings (SSSR count). The van der Waals surface area contributed by atoms with Gasteiger partial charge in [0.25, 0.3) is 0 Å². The van der Waals surface area contributed by atoms with Gasteiger partial charge >= 0.3 is 0 Å². The second kappa shape index (κ2) is 9.62. The molecular weight excluding hydrogens is 370 g/mol. The topological polar surface area (TPSA) is 71.1 Å². The van der Waals surface area contributed by atoms with Crippen LogP contribution in [0.1, 0.15) is 23.7 Å². The van der Waals surface area contributed by atoms with Crippen molar-refractivity contribution in [3.63, 3.8) is 0 Å². The first kappa shape index (κ1) is 19.5.